The molecule has 0 radical (unpaired) electrons. The molecule has 8 atom stereocenters. The Morgan fingerprint density at radius 2 is 1.95 bits per heavy atom. The van der Waals surface area contributed by atoms with E-state index >= 15 is 0 Å². The first-order chi connectivity index (χ1) is 18.2. The maximum Gasteiger partial charge on any atom is 0.305 e. The first kappa shape index (κ1) is 29.2. The Bertz CT molecular complexity index is 974. The lowest BCUT2D eigenvalue weighted by atomic mass is 9.84. The number of nitrogens with zero attached hydrogens (tertiary/aromatic N) is 1. The van der Waals surface area contributed by atoms with Crippen LogP contribution in [0, 0.1) is 5.92 Å². The monoisotopic (exact) mass is 535 g/mol. The number of aliphatic hydroxyl groups is 5. The van der Waals surface area contributed by atoms with Crippen LogP contribution in [0.15, 0.2) is 17.8 Å². The number of carbonyl (C=O) groups excluding carboxylic acids is 1. The maximum atomic E-state index is 11.8. The van der Waals surface area contributed by atoms with Crippen LogP contribution in [0.1, 0.15) is 94.1 Å². The van der Waals surface area contributed by atoms with Crippen LogP contribution in [0.4, 0.5) is 0 Å². The van der Waals surface area contributed by atoms with Gasteiger partial charge >= 0.3 is 5.97 Å². The van der Waals surface area contributed by atoms with E-state index in [4.69, 9.17) is 14.6 Å². The van der Waals surface area contributed by atoms with E-state index in [2.05, 4.69) is 23.8 Å². The van der Waals surface area contributed by atoms with Gasteiger partial charge in [0.05, 0.1) is 12.7 Å². The minimum atomic E-state index is -1.24. The molecule has 2 heterocycles. The van der Waals surface area contributed by atoms with Crippen LogP contribution in [0.25, 0.3) is 0 Å². The summed E-state index contributed by atoms with van der Waals surface area (Å²) in [7, 11) is 0. The molecule has 1 aliphatic heterocycles. The first-order valence-corrected chi connectivity index (χ1v) is 14.2. The molecule has 9 nitrogen and oxygen atoms in total. The zero-order valence-corrected chi connectivity index (χ0v) is 22.7. The van der Waals surface area contributed by atoms with Crippen LogP contribution >= 0.6 is 0 Å². The van der Waals surface area contributed by atoms with Gasteiger partial charge in [-0.3, -0.25) is 4.79 Å². The van der Waals surface area contributed by atoms with Crippen molar-refractivity contribution in [2.45, 2.75) is 121 Å². The van der Waals surface area contributed by atoms with E-state index in [-0.39, 0.29) is 12.6 Å². The highest BCUT2D eigenvalue weighted by Gasteiger charge is 2.44. The van der Waals surface area contributed by atoms with Gasteiger partial charge in [0.15, 0.2) is 0 Å². The van der Waals surface area contributed by atoms with Gasteiger partial charge in [-0.15, -0.1) is 0 Å². The zero-order valence-electron chi connectivity index (χ0n) is 22.7. The van der Waals surface area contributed by atoms with E-state index in [0.29, 0.717) is 24.7 Å². The molecule has 0 bridgehead atoms. The molecular weight excluding hydrogens is 490 g/mol. The molecule has 1 saturated heterocycles. The van der Waals surface area contributed by atoms with Crippen LogP contribution in [0.3, 0.4) is 0 Å². The molecule has 214 valence electrons. The molecule has 38 heavy (non-hydrogen) atoms. The van der Waals surface area contributed by atoms with Gasteiger partial charge in [0.2, 0.25) is 0 Å². The molecule has 5 N–H and O–H groups in total. The topological polar surface area (TPSA) is 142 Å². The summed E-state index contributed by atoms with van der Waals surface area (Å²) in [5, 5.41) is 49.4. The van der Waals surface area contributed by atoms with Gasteiger partial charge in [0.1, 0.15) is 37.1 Å². The highest BCUT2D eigenvalue weighted by atomic mass is 16.5. The summed E-state index contributed by atoms with van der Waals surface area (Å²) in [6.45, 7) is 4.29. The minimum Gasteiger partial charge on any atom is -0.463 e. The minimum absolute atomic E-state index is 0.170. The first-order valence-electron chi connectivity index (χ1n) is 14.2. The molecule has 0 amide bonds. The Kier molecular flexibility index (Phi) is 10.1. The molecule has 1 aromatic rings. The molecule has 2 aliphatic carbocycles. The van der Waals surface area contributed by atoms with E-state index in [0.717, 1.165) is 57.1 Å². The summed E-state index contributed by atoms with van der Waals surface area (Å²) in [5.74, 6) is 0.553. The van der Waals surface area contributed by atoms with Crippen molar-refractivity contribution < 1.29 is 39.8 Å². The second-order valence-electron chi connectivity index (χ2n) is 11.5. The highest BCUT2D eigenvalue weighted by molar-refractivity contribution is 5.69. The summed E-state index contributed by atoms with van der Waals surface area (Å²) < 4.78 is 13.4. The van der Waals surface area contributed by atoms with E-state index in [1.807, 2.05) is 0 Å². The second-order valence-corrected chi connectivity index (χ2v) is 11.5. The molecule has 4 rings (SSSR count). The summed E-state index contributed by atoms with van der Waals surface area (Å²) in [6.07, 6.45) is 6.72. The van der Waals surface area contributed by atoms with Crippen LogP contribution in [-0.4, -0.2) is 79.8 Å². The van der Waals surface area contributed by atoms with Gasteiger partial charge in [-0.05, 0) is 75.7 Å². The van der Waals surface area contributed by atoms with Crippen molar-refractivity contribution in [1.82, 2.24) is 4.57 Å². The predicted molar refractivity (Wildman–Crippen MR) is 140 cm³/mol. The molecule has 1 fully saturated rings. The molecule has 2 unspecified atom stereocenters. The van der Waals surface area contributed by atoms with Gasteiger partial charge < -0.3 is 39.6 Å². The van der Waals surface area contributed by atoms with E-state index in [1.54, 1.807) is 6.92 Å². The van der Waals surface area contributed by atoms with Crippen molar-refractivity contribution in [2.24, 2.45) is 5.92 Å². The summed E-state index contributed by atoms with van der Waals surface area (Å²) in [5.41, 5.74) is 4.86. The molecule has 1 aromatic heterocycles. The zero-order chi connectivity index (χ0) is 27.4. The van der Waals surface area contributed by atoms with Crippen molar-refractivity contribution in [2.75, 3.05) is 13.2 Å². The third-order valence-corrected chi connectivity index (χ3v) is 8.55. The second kappa shape index (κ2) is 13.1. The number of hydrogen-bond donors (Lipinski definition) is 5. The third kappa shape index (κ3) is 6.69. The lowest BCUT2D eigenvalue weighted by Gasteiger charge is -2.39. The molecule has 0 spiro atoms. The number of fused-ring (bicyclic) bond motifs is 1. The number of aliphatic hydroxyl groups excluding tert-OH is 5. The molecule has 3 aliphatic rings. The van der Waals surface area contributed by atoms with Crippen molar-refractivity contribution in [3.05, 3.63) is 34.7 Å². The molecular formula is C29H45NO8. The lowest BCUT2D eigenvalue weighted by molar-refractivity contribution is -0.219. The van der Waals surface area contributed by atoms with Crippen LogP contribution in [-0.2, 0) is 27.2 Å². The quantitative estimate of drug-likeness (QED) is 0.227. The smallest absolute Gasteiger partial charge is 0.305 e. The number of rotatable bonds is 10. The van der Waals surface area contributed by atoms with Crippen LogP contribution < -0.4 is 0 Å². The number of ether oxygens (including phenoxy) is 2. The maximum absolute atomic E-state index is 11.8. The lowest BCUT2D eigenvalue weighted by Crippen LogP contribution is -2.53. The van der Waals surface area contributed by atoms with Crippen molar-refractivity contribution in [3.8, 4) is 0 Å². The van der Waals surface area contributed by atoms with E-state index in [9.17, 15) is 25.2 Å². The van der Waals surface area contributed by atoms with Gasteiger partial charge in [-0.25, -0.2) is 0 Å². The average molecular weight is 536 g/mol. The van der Waals surface area contributed by atoms with Crippen LogP contribution in [0.2, 0.25) is 0 Å². The largest absolute Gasteiger partial charge is 0.463 e. The normalized spacial score (nSPS) is 32.4. The SMILES string of the molecule is CC1CCCc2c([C@@H]3O[C@H](C)[C@H](O)[C@H](O)C3O)cn(C[C@H]3CC=C(CCCC(=O)OC[C@H](O)CO)CC3)c21. The summed E-state index contributed by atoms with van der Waals surface area (Å²) in [6, 6.07) is 0. The summed E-state index contributed by atoms with van der Waals surface area (Å²) in [4.78, 5) is 11.8. The fourth-order valence-electron chi connectivity index (χ4n) is 6.30. The average Bonchev–Trinajstić information content (AvgIpc) is 3.28. The number of allylic oxidation sites excluding steroid dienone is 2. The van der Waals surface area contributed by atoms with Gasteiger partial charge in [0, 0.05) is 30.4 Å². The Hall–Kier alpha value is -1.75. The number of hydrogen-bond acceptors (Lipinski definition) is 8. The molecule has 0 aromatic carbocycles. The standard InChI is InChI=1S/C29H45NO8/c1-17-5-3-7-22-23(29-28(36)27(35)26(34)18(2)38-29)14-30(25(17)22)13-20-11-9-19(10-12-20)6-4-8-24(33)37-16-21(32)15-31/h9,14,17-18,20-21,26-29,31-32,34-36H,3-8,10-13,15-16H2,1-2H3/t17?,18-,20+,21-,26+,27+,28?,29+/m1/s1. The van der Waals surface area contributed by atoms with Gasteiger partial charge in [0.25, 0.3) is 0 Å². The fourth-order valence-corrected chi connectivity index (χ4v) is 6.30. The van der Waals surface area contributed by atoms with Crippen molar-refractivity contribution in [1.29, 1.82) is 0 Å². The molecule has 9 heteroatoms. The Morgan fingerprint density at radius 3 is 2.66 bits per heavy atom. The summed E-state index contributed by atoms with van der Waals surface area (Å²) >= 11 is 0. The van der Waals surface area contributed by atoms with Crippen LogP contribution in [0.5, 0.6) is 0 Å². The predicted octanol–water partition coefficient (Wildman–Crippen LogP) is 2.26. The highest BCUT2D eigenvalue weighted by Crippen LogP contribution is 2.42. The number of esters is 1. The number of carbonyl (C=O) groups is 1. The fraction of sp³-hybridized carbons (Fsp3) is 0.759. The van der Waals surface area contributed by atoms with Gasteiger partial charge in [-0.2, -0.15) is 0 Å². The number of aromatic nitrogens is 1. The Morgan fingerprint density at radius 1 is 1.16 bits per heavy atom. The van der Waals surface area contributed by atoms with E-state index < -0.39 is 43.2 Å². The Labute approximate surface area is 225 Å². The Balaban J connectivity index is 1.37. The van der Waals surface area contributed by atoms with Gasteiger partial charge in [-0.1, -0.05) is 18.6 Å². The van der Waals surface area contributed by atoms with Crippen molar-refractivity contribution >= 4 is 5.97 Å². The van der Waals surface area contributed by atoms with Crippen molar-refractivity contribution in [3.63, 3.8) is 0 Å². The molecule has 0 saturated carbocycles. The third-order valence-electron chi connectivity index (χ3n) is 8.55. The van der Waals surface area contributed by atoms with E-state index in [1.165, 1.54) is 16.8 Å².